The molecule has 0 unspecified atom stereocenters. The number of rotatable bonds is 8. The highest BCUT2D eigenvalue weighted by Crippen LogP contribution is 2.33. The van der Waals surface area contributed by atoms with Gasteiger partial charge in [0.2, 0.25) is 5.91 Å². The second-order valence-electron chi connectivity index (χ2n) is 10.6. The molecule has 1 fully saturated rings. The van der Waals surface area contributed by atoms with Gasteiger partial charge < -0.3 is 20.8 Å². The van der Waals surface area contributed by atoms with Gasteiger partial charge in [-0.3, -0.25) is 9.69 Å². The second-order valence-corrected chi connectivity index (χ2v) is 11.0. The number of H-pyrrole nitrogens is 1. The van der Waals surface area contributed by atoms with Gasteiger partial charge in [-0.2, -0.15) is 0 Å². The number of hydrogen-bond donors (Lipinski definition) is 3. The van der Waals surface area contributed by atoms with Crippen molar-refractivity contribution in [3.05, 3.63) is 35.7 Å². The van der Waals surface area contributed by atoms with Crippen molar-refractivity contribution in [2.45, 2.75) is 58.5 Å². The molecular weight excluding hydrogens is 464 g/mol. The highest BCUT2D eigenvalue weighted by molar-refractivity contribution is 6.29. The molecule has 0 aliphatic heterocycles. The maximum atomic E-state index is 11.7. The van der Waals surface area contributed by atoms with Crippen LogP contribution in [-0.2, 0) is 4.79 Å². The molecule has 1 amide bonds. The lowest BCUT2D eigenvalue weighted by molar-refractivity contribution is -0.120. The van der Waals surface area contributed by atoms with E-state index in [-0.39, 0.29) is 11.3 Å². The predicted octanol–water partition coefficient (Wildman–Crippen LogP) is 4.84. The lowest BCUT2D eigenvalue weighted by Crippen LogP contribution is -2.47. The van der Waals surface area contributed by atoms with Crippen molar-refractivity contribution >= 4 is 34.4 Å². The SMILES string of the molecule is COc1cnc2[nH]cc(-c3cc(Cl)nc(N[C@H]4CC[C@H](N(CC(N)=O)CC(C)(C)C)CC4)c3)c2c1. The van der Waals surface area contributed by atoms with E-state index >= 15 is 0 Å². The smallest absolute Gasteiger partial charge is 0.231 e. The number of aromatic amines is 1. The number of pyridine rings is 2. The molecule has 3 aromatic rings. The standard InChI is InChI=1S/C26H35ClN6O2/c1-26(2,3)15-33(14-23(28)34)18-7-5-17(6-8-18)31-24-10-16(9-22(27)32-24)21-13-30-25-20(21)11-19(35-4)12-29-25/h9-13,17-18H,5-8,14-15H2,1-4H3,(H2,28,34)(H,29,30)(H,31,32)/t17-,18-. The Bertz CT molecular complexity index is 1180. The van der Waals surface area contributed by atoms with E-state index in [4.69, 9.17) is 22.1 Å². The van der Waals surface area contributed by atoms with Crippen LogP contribution in [0.15, 0.2) is 30.6 Å². The average Bonchev–Trinajstić information content (AvgIpc) is 3.21. The number of fused-ring (bicyclic) bond motifs is 1. The zero-order valence-corrected chi connectivity index (χ0v) is 21.7. The van der Waals surface area contributed by atoms with Crippen LogP contribution < -0.4 is 15.8 Å². The largest absolute Gasteiger partial charge is 0.495 e. The minimum atomic E-state index is -0.268. The first-order chi connectivity index (χ1) is 16.6. The molecule has 0 bridgehead atoms. The third-order valence-electron chi connectivity index (χ3n) is 6.45. The lowest BCUT2D eigenvalue weighted by atomic mass is 9.88. The molecule has 188 valence electrons. The maximum Gasteiger partial charge on any atom is 0.231 e. The lowest BCUT2D eigenvalue weighted by Gasteiger charge is -2.39. The van der Waals surface area contributed by atoms with Gasteiger partial charge in [0.25, 0.3) is 0 Å². The third-order valence-corrected chi connectivity index (χ3v) is 6.64. The topological polar surface area (TPSA) is 109 Å². The Labute approximate surface area is 211 Å². The molecule has 1 aliphatic rings. The number of nitrogens with zero attached hydrogens (tertiary/aromatic N) is 3. The van der Waals surface area contributed by atoms with Crippen molar-refractivity contribution in [3.8, 4) is 16.9 Å². The fraction of sp³-hybridized carbons (Fsp3) is 0.500. The summed E-state index contributed by atoms with van der Waals surface area (Å²) in [6.45, 7) is 7.73. The van der Waals surface area contributed by atoms with Crippen molar-refractivity contribution in [2.24, 2.45) is 11.1 Å². The van der Waals surface area contributed by atoms with E-state index in [9.17, 15) is 4.79 Å². The Morgan fingerprint density at radius 2 is 2.00 bits per heavy atom. The number of nitrogens with two attached hydrogens (primary N) is 1. The van der Waals surface area contributed by atoms with Gasteiger partial charge in [-0.15, -0.1) is 0 Å². The van der Waals surface area contributed by atoms with Gasteiger partial charge in [0.05, 0.1) is 19.9 Å². The van der Waals surface area contributed by atoms with Crippen LogP contribution in [-0.4, -0.2) is 58.0 Å². The van der Waals surface area contributed by atoms with E-state index in [1.807, 2.05) is 24.4 Å². The third kappa shape index (κ3) is 6.44. The van der Waals surface area contributed by atoms with Crippen LogP contribution in [0.2, 0.25) is 5.15 Å². The predicted molar refractivity (Wildman–Crippen MR) is 141 cm³/mol. The maximum absolute atomic E-state index is 11.7. The molecule has 4 N–H and O–H groups in total. The molecule has 0 saturated heterocycles. The Morgan fingerprint density at radius 1 is 1.26 bits per heavy atom. The fourth-order valence-electron chi connectivity index (χ4n) is 4.98. The van der Waals surface area contributed by atoms with Crippen molar-refractivity contribution in [2.75, 3.05) is 25.5 Å². The van der Waals surface area contributed by atoms with E-state index in [0.717, 1.165) is 60.2 Å². The number of carbonyl (C=O) groups excluding carboxylic acids is 1. The van der Waals surface area contributed by atoms with Crippen LogP contribution in [0.4, 0.5) is 5.82 Å². The number of amides is 1. The van der Waals surface area contributed by atoms with Gasteiger partial charge in [-0.25, -0.2) is 9.97 Å². The number of aromatic nitrogens is 3. The summed E-state index contributed by atoms with van der Waals surface area (Å²) in [6.07, 6.45) is 7.60. The monoisotopic (exact) mass is 498 g/mol. The number of hydrogen-bond acceptors (Lipinski definition) is 6. The van der Waals surface area contributed by atoms with Crippen LogP contribution >= 0.6 is 11.6 Å². The molecular formula is C26H35ClN6O2. The Hall–Kier alpha value is -2.84. The summed E-state index contributed by atoms with van der Waals surface area (Å²) in [5.41, 5.74) is 8.39. The summed E-state index contributed by atoms with van der Waals surface area (Å²) in [4.78, 5) is 26.1. The number of ether oxygens (including phenoxy) is 1. The van der Waals surface area contributed by atoms with Gasteiger partial charge in [-0.1, -0.05) is 32.4 Å². The van der Waals surface area contributed by atoms with Gasteiger partial charge in [0.1, 0.15) is 22.4 Å². The van der Waals surface area contributed by atoms with Crippen LogP contribution in [0.5, 0.6) is 5.75 Å². The highest BCUT2D eigenvalue weighted by Gasteiger charge is 2.29. The Morgan fingerprint density at radius 3 is 2.66 bits per heavy atom. The number of anilines is 1. The summed E-state index contributed by atoms with van der Waals surface area (Å²) >= 11 is 6.42. The van der Waals surface area contributed by atoms with Crippen molar-refractivity contribution in [3.63, 3.8) is 0 Å². The molecule has 9 heteroatoms. The van der Waals surface area contributed by atoms with Crippen molar-refractivity contribution in [1.29, 1.82) is 0 Å². The number of primary amides is 1. The van der Waals surface area contributed by atoms with E-state index in [0.29, 0.717) is 29.5 Å². The van der Waals surface area contributed by atoms with Crippen molar-refractivity contribution in [1.82, 2.24) is 19.9 Å². The molecule has 4 rings (SSSR count). The first-order valence-corrected chi connectivity index (χ1v) is 12.5. The van der Waals surface area contributed by atoms with Crippen LogP contribution in [0, 0.1) is 5.41 Å². The summed E-state index contributed by atoms with van der Waals surface area (Å²) < 4.78 is 5.35. The Kier molecular flexibility index (Phi) is 7.52. The van der Waals surface area contributed by atoms with Gasteiger partial charge in [0, 0.05) is 35.8 Å². The van der Waals surface area contributed by atoms with E-state index in [1.165, 1.54) is 0 Å². The molecule has 3 heterocycles. The van der Waals surface area contributed by atoms with E-state index in [2.05, 4.69) is 45.9 Å². The molecule has 0 radical (unpaired) electrons. The molecule has 0 atom stereocenters. The van der Waals surface area contributed by atoms with Gasteiger partial charge >= 0.3 is 0 Å². The minimum absolute atomic E-state index is 0.105. The van der Waals surface area contributed by atoms with Crippen LogP contribution in [0.3, 0.4) is 0 Å². The summed E-state index contributed by atoms with van der Waals surface area (Å²) in [6, 6.07) is 6.50. The Balaban J connectivity index is 1.46. The summed E-state index contributed by atoms with van der Waals surface area (Å²) in [5, 5.41) is 4.98. The zero-order chi connectivity index (χ0) is 25.2. The summed E-state index contributed by atoms with van der Waals surface area (Å²) in [7, 11) is 1.63. The van der Waals surface area contributed by atoms with Crippen LogP contribution in [0.25, 0.3) is 22.2 Å². The molecule has 1 aliphatic carbocycles. The van der Waals surface area contributed by atoms with Crippen molar-refractivity contribution < 1.29 is 9.53 Å². The summed E-state index contributed by atoms with van der Waals surface area (Å²) in [5.74, 6) is 1.19. The second kappa shape index (κ2) is 10.4. The first kappa shape index (κ1) is 25.3. The molecule has 1 saturated carbocycles. The minimum Gasteiger partial charge on any atom is -0.495 e. The molecule has 35 heavy (non-hydrogen) atoms. The quantitative estimate of drug-likeness (QED) is 0.383. The fourth-order valence-corrected chi connectivity index (χ4v) is 5.19. The normalized spacial score (nSPS) is 18.7. The number of nitrogens with one attached hydrogen (secondary N) is 2. The highest BCUT2D eigenvalue weighted by atomic mass is 35.5. The van der Waals surface area contributed by atoms with Gasteiger partial charge in [-0.05, 0) is 54.9 Å². The number of carbonyl (C=O) groups is 1. The molecule has 8 nitrogen and oxygen atoms in total. The number of halogens is 1. The van der Waals surface area contributed by atoms with Gasteiger partial charge in [0.15, 0.2) is 0 Å². The van der Waals surface area contributed by atoms with E-state index in [1.54, 1.807) is 13.3 Å². The molecule has 0 spiro atoms. The molecule has 0 aromatic carbocycles. The number of methoxy groups -OCH3 is 1. The van der Waals surface area contributed by atoms with E-state index < -0.39 is 0 Å². The zero-order valence-electron chi connectivity index (χ0n) is 20.9. The average molecular weight is 499 g/mol. The molecule has 3 aromatic heterocycles. The van der Waals surface area contributed by atoms with Crippen LogP contribution in [0.1, 0.15) is 46.5 Å². The first-order valence-electron chi connectivity index (χ1n) is 12.1.